The van der Waals surface area contributed by atoms with Crippen LogP contribution in [0.25, 0.3) is 10.9 Å². The molecule has 2 aromatic carbocycles. The fraction of sp³-hybridized carbons (Fsp3) is 0.250. The quantitative estimate of drug-likeness (QED) is 0.657. The van der Waals surface area contributed by atoms with E-state index in [1.165, 1.54) is 6.07 Å². The van der Waals surface area contributed by atoms with Crippen molar-refractivity contribution in [3.8, 4) is 0 Å². The zero-order valence-corrected chi connectivity index (χ0v) is 14.7. The van der Waals surface area contributed by atoms with Gasteiger partial charge in [-0.3, -0.25) is 4.79 Å². The maximum Gasteiger partial charge on any atom is 0.303 e. The summed E-state index contributed by atoms with van der Waals surface area (Å²) in [7, 11) is 0. The van der Waals surface area contributed by atoms with E-state index >= 15 is 0 Å². The number of hydrogen-bond donors (Lipinski definition) is 1. The first-order valence-electron chi connectivity index (χ1n) is 8.19. The minimum Gasteiger partial charge on any atom is -0.481 e. The molecule has 5 heteroatoms. The molecule has 0 unspecified atom stereocenters. The first-order chi connectivity index (χ1) is 12.0. The number of carbonyl (C=O) groups is 1. The highest BCUT2D eigenvalue weighted by Gasteiger charge is 2.15. The lowest BCUT2D eigenvalue weighted by molar-refractivity contribution is -0.137. The Kier molecular flexibility index (Phi) is 5.09. The molecule has 130 valence electrons. The van der Waals surface area contributed by atoms with Gasteiger partial charge in [-0.1, -0.05) is 23.7 Å². The number of carboxylic acid groups (broad SMARTS) is 1. The van der Waals surface area contributed by atoms with E-state index in [4.69, 9.17) is 16.7 Å². The third-order valence-electron chi connectivity index (χ3n) is 4.47. The van der Waals surface area contributed by atoms with Crippen molar-refractivity contribution in [3.63, 3.8) is 0 Å². The van der Waals surface area contributed by atoms with Crippen molar-refractivity contribution in [1.29, 1.82) is 0 Å². The molecular formula is C20H19ClFNO2. The van der Waals surface area contributed by atoms with Crippen molar-refractivity contribution in [1.82, 2.24) is 4.57 Å². The van der Waals surface area contributed by atoms with Crippen molar-refractivity contribution in [3.05, 3.63) is 70.1 Å². The molecule has 25 heavy (non-hydrogen) atoms. The number of halogens is 2. The largest absolute Gasteiger partial charge is 0.481 e. The molecule has 0 saturated carbocycles. The molecule has 0 saturated heterocycles. The Morgan fingerprint density at radius 3 is 2.60 bits per heavy atom. The fourth-order valence-corrected chi connectivity index (χ4v) is 3.36. The average molecular weight is 360 g/mol. The average Bonchev–Trinajstić information content (AvgIpc) is 2.82. The van der Waals surface area contributed by atoms with Gasteiger partial charge in [0.25, 0.3) is 0 Å². The minimum atomic E-state index is -0.802. The molecule has 3 aromatic rings. The molecule has 0 radical (unpaired) electrons. The predicted octanol–water partition coefficient (Wildman–Crippen LogP) is 5.20. The number of aliphatic carboxylic acids is 1. The van der Waals surface area contributed by atoms with E-state index in [0.717, 1.165) is 27.7 Å². The van der Waals surface area contributed by atoms with Gasteiger partial charge in [0.05, 0.1) is 0 Å². The molecule has 0 fully saturated rings. The van der Waals surface area contributed by atoms with Crippen LogP contribution in [-0.4, -0.2) is 15.6 Å². The molecule has 0 aliphatic carbocycles. The van der Waals surface area contributed by atoms with Gasteiger partial charge in [-0.05, 0) is 61.2 Å². The van der Waals surface area contributed by atoms with Crippen LogP contribution in [0.5, 0.6) is 0 Å². The second-order valence-electron chi connectivity index (χ2n) is 6.19. The van der Waals surface area contributed by atoms with Crippen molar-refractivity contribution in [2.24, 2.45) is 0 Å². The second-order valence-corrected chi connectivity index (χ2v) is 6.63. The molecule has 0 spiro atoms. The van der Waals surface area contributed by atoms with E-state index in [-0.39, 0.29) is 12.2 Å². The first-order valence-corrected chi connectivity index (χ1v) is 8.57. The van der Waals surface area contributed by atoms with Gasteiger partial charge in [0.1, 0.15) is 5.82 Å². The van der Waals surface area contributed by atoms with Crippen LogP contribution in [0, 0.1) is 12.7 Å². The molecule has 0 atom stereocenters. The molecular weight excluding hydrogens is 341 g/mol. The molecule has 3 nitrogen and oxygen atoms in total. The van der Waals surface area contributed by atoms with E-state index in [1.54, 1.807) is 12.1 Å². The summed E-state index contributed by atoms with van der Waals surface area (Å²) in [5.74, 6) is -1.07. The summed E-state index contributed by atoms with van der Waals surface area (Å²) in [6.07, 6.45) is 1.31. The molecule has 0 amide bonds. The molecule has 3 rings (SSSR count). The van der Waals surface area contributed by atoms with Crippen LogP contribution in [0.1, 0.15) is 29.7 Å². The van der Waals surface area contributed by atoms with Crippen molar-refractivity contribution in [2.45, 2.75) is 32.7 Å². The zero-order valence-electron chi connectivity index (χ0n) is 13.9. The van der Waals surface area contributed by atoms with Gasteiger partial charge in [0.15, 0.2) is 0 Å². The molecule has 1 heterocycles. The highest BCUT2D eigenvalue weighted by molar-refractivity contribution is 6.30. The van der Waals surface area contributed by atoms with Crippen LogP contribution in [0.3, 0.4) is 0 Å². The number of carboxylic acids is 1. The third kappa shape index (κ3) is 3.85. The van der Waals surface area contributed by atoms with E-state index in [2.05, 4.69) is 4.57 Å². The molecule has 1 N–H and O–H groups in total. The van der Waals surface area contributed by atoms with Crippen LogP contribution < -0.4 is 0 Å². The van der Waals surface area contributed by atoms with Crippen LogP contribution in [-0.2, 0) is 17.8 Å². The number of hydrogen-bond acceptors (Lipinski definition) is 1. The predicted molar refractivity (Wildman–Crippen MR) is 97.8 cm³/mol. The van der Waals surface area contributed by atoms with Crippen molar-refractivity contribution >= 4 is 28.5 Å². The second kappa shape index (κ2) is 7.28. The lowest BCUT2D eigenvalue weighted by Gasteiger charge is -2.12. The Hall–Kier alpha value is -2.33. The molecule has 1 aromatic heterocycles. The van der Waals surface area contributed by atoms with E-state index in [9.17, 15) is 9.18 Å². The number of fused-ring (bicyclic) bond motifs is 1. The number of rotatable bonds is 6. The highest BCUT2D eigenvalue weighted by atomic mass is 35.5. The summed E-state index contributed by atoms with van der Waals surface area (Å²) in [5.41, 5.74) is 4.11. The van der Waals surface area contributed by atoms with Gasteiger partial charge in [-0.2, -0.15) is 0 Å². The highest BCUT2D eigenvalue weighted by Crippen LogP contribution is 2.29. The molecule has 0 bridgehead atoms. The lowest BCUT2D eigenvalue weighted by atomic mass is 10.1. The standard InChI is InChI=1S/C20H19ClFNO2/c1-13-17-11-16(22)9-10-19(17)23(18(13)3-2-4-20(24)25)12-14-5-7-15(21)8-6-14/h5-11H,2-4,12H2,1H3,(H,24,25). The number of benzene rings is 2. The summed E-state index contributed by atoms with van der Waals surface area (Å²) in [5, 5.41) is 10.5. The summed E-state index contributed by atoms with van der Waals surface area (Å²) in [6, 6.07) is 12.4. The van der Waals surface area contributed by atoms with Gasteiger partial charge in [-0.15, -0.1) is 0 Å². The van der Waals surface area contributed by atoms with Gasteiger partial charge in [0, 0.05) is 34.6 Å². The van der Waals surface area contributed by atoms with E-state index in [1.807, 2.05) is 31.2 Å². The number of aryl methyl sites for hydroxylation is 1. The Bertz CT molecular complexity index is 916. The van der Waals surface area contributed by atoms with Gasteiger partial charge in [-0.25, -0.2) is 4.39 Å². The third-order valence-corrected chi connectivity index (χ3v) is 4.72. The SMILES string of the molecule is Cc1c(CCCC(=O)O)n(Cc2ccc(Cl)cc2)c2ccc(F)cc12. The molecule has 0 aliphatic heterocycles. The maximum absolute atomic E-state index is 13.7. The van der Waals surface area contributed by atoms with Crippen molar-refractivity contribution in [2.75, 3.05) is 0 Å². The Labute approximate surface area is 150 Å². The van der Waals surface area contributed by atoms with Gasteiger partial charge >= 0.3 is 5.97 Å². The van der Waals surface area contributed by atoms with Gasteiger partial charge in [0.2, 0.25) is 0 Å². The van der Waals surface area contributed by atoms with Crippen molar-refractivity contribution < 1.29 is 14.3 Å². The first kappa shape index (κ1) is 17.5. The maximum atomic E-state index is 13.7. The van der Waals surface area contributed by atoms with Crippen LogP contribution >= 0.6 is 11.6 Å². The van der Waals surface area contributed by atoms with Gasteiger partial charge < -0.3 is 9.67 Å². The van der Waals surface area contributed by atoms with E-state index < -0.39 is 5.97 Å². The Morgan fingerprint density at radius 1 is 1.20 bits per heavy atom. The Balaban J connectivity index is 2.03. The topological polar surface area (TPSA) is 42.2 Å². The summed E-state index contributed by atoms with van der Waals surface area (Å²) in [6.45, 7) is 2.60. The van der Waals surface area contributed by atoms with Crippen LogP contribution in [0.15, 0.2) is 42.5 Å². The smallest absolute Gasteiger partial charge is 0.303 e. The summed E-state index contributed by atoms with van der Waals surface area (Å²) in [4.78, 5) is 10.8. The number of nitrogens with zero attached hydrogens (tertiary/aromatic N) is 1. The minimum absolute atomic E-state index is 0.121. The van der Waals surface area contributed by atoms with Crippen LogP contribution in [0.2, 0.25) is 5.02 Å². The number of aromatic nitrogens is 1. The summed E-state index contributed by atoms with van der Waals surface area (Å²) < 4.78 is 15.8. The fourth-order valence-electron chi connectivity index (χ4n) is 3.23. The Morgan fingerprint density at radius 2 is 1.92 bits per heavy atom. The van der Waals surface area contributed by atoms with E-state index in [0.29, 0.717) is 24.4 Å². The zero-order chi connectivity index (χ0) is 18.0. The molecule has 0 aliphatic rings. The normalized spacial score (nSPS) is 11.2. The monoisotopic (exact) mass is 359 g/mol. The lowest BCUT2D eigenvalue weighted by Crippen LogP contribution is -2.06. The summed E-state index contributed by atoms with van der Waals surface area (Å²) >= 11 is 5.96. The van der Waals surface area contributed by atoms with Crippen LogP contribution in [0.4, 0.5) is 4.39 Å².